The average molecular weight is 617 g/mol. The molecule has 1 heterocycles. The summed E-state index contributed by atoms with van der Waals surface area (Å²) < 4.78 is 25.5. The Kier molecular flexibility index (Phi) is 8.62. The van der Waals surface area contributed by atoms with Gasteiger partial charge in [-0.05, 0) is 83.0 Å². The molecule has 200 valence electrons. The van der Waals surface area contributed by atoms with Crippen molar-refractivity contribution in [3.05, 3.63) is 87.1 Å². The molecule has 3 aromatic carbocycles. The molecule has 0 atom stereocenters. The van der Waals surface area contributed by atoms with Gasteiger partial charge in [0.1, 0.15) is 11.4 Å². The van der Waals surface area contributed by atoms with Crippen LogP contribution in [-0.4, -0.2) is 37.0 Å². The number of carbonyl (C=O) groups is 4. The minimum absolute atomic E-state index is 0.0127. The van der Waals surface area contributed by atoms with Crippen molar-refractivity contribution in [2.45, 2.75) is 6.92 Å². The Bertz CT molecular complexity index is 1500. The number of imide groups is 2. The van der Waals surface area contributed by atoms with Gasteiger partial charge >= 0.3 is 6.03 Å². The molecule has 0 saturated carbocycles. The molecule has 5 amide bonds. The number of nitrogens with zero attached hydrogens (tertiary/aromatic N) is 1. The third-order valence-corrected chi connectivity index (χ3v) is 6.17. The van der Waals surface area contributed by atoms with Crippen molar-refractivity contribution < 1.29 is 33.0 Å². The molecular formula is C27H20BrClFN3O6. The zero-order chi connectivity index (χ0) is 28.1. The second-order valence-corrected chi connectivity index (χ2v) is 9.30. The number of benzene rings is 3. The minimum Gasteiger partial charge on any atom is -0.490 e. The number of rotatable bonds is 8. The van der Waals surface area contributed by atoms with Crippen molar-refractivity contribution in [2.75, 3.05) is 23.4 Å². The quantitative estimate of drug-likeness (QED) is 0.262. The van der Waals surface area contributed by atoms with E-state index in [4.69, 9.17) is 21.1 Å². The maximum absolute atomic E-state index is 13.8. The molecule has 0 unspecified atom stereocenters. The lowest BCUT2D eigenvalue weighted by Crippen LogP contribution is -2.54. The molecule has 0 spiro atoms. The lowest BCUT2D eigenvalue weighted by Gasteiger charge is -2.26. The van der Waals surface area contributed by atoms with Gasteiger partial charge in [-0.15, -0.1) is 0 Å². The Balaban J connectivity index is 1.58. The molecule has 2 N–H and O–H groups in total. The molecule has 1 aliphatic rings. The Morgan fingerprint density at radius 2 is 1.82 bits per heavy atom. The summed E-state index contributed by atoms with van der Waals surface area (Å²) >= 11 is 9.27. The summed E-state index contributed by atoms with van der Waals surface area (Å²) in [5.74, 6) is -2.49. The van der Waals surface area contributed by atoms with Crippen LogP contribution in [-0.2, 0) is 14.4 Å². The predicted molar refractivity (Wildman–Crippen MR) is 146 cm³/mol. The Labute approximate surface area is 235 Å². The highest BCUT2D eigenvalue weighted by molar-refractivity contribution is 9.10. The van der Waals surface area contributed by atoms with Gasteiger partial charge < -0.3 is 14.8 Å². The number of para-hydroxylation sites is 1. The van der Waals surface area contributed by atoms with Crippen LogP contribution in [0.3, 0.4) is 0 Å². The van der Waals surface area contributed by atoms with Crippen molar-refractivity contribution in [1.82, 2.24) is 5.32 Å². The van der Waals surface area contributed by atoms with Crippen molar-refractivity contribution in [1.29, 1.82) is 0 Å². The monoisotopic (exact) mass is 615 g/mol. The van der Waals surface area contributed by atoms with Crippen LogP contribution in [0, 0.1) is 5.82 Å². The van der Waals surface area contributed by atoms with E-state index in [-0.39, 0.29) is 35.1 Å². The van der Waals surface area contributed by atoms with Crippen LogP contribution in [0.4, 0.5) is 20.6 Å². The zero-order valence-corrected chi connectivity index (χ0v) is 22.6. The third kappa shape index (κ3) is 6.44. The highest BCUT2D eigenvalue weighted by atomic mass is 79.9. The van der Waals surface area contributed by atoms with Gasteiger partial charge in [0.05, 0.1) is 22.5 Å². The summed E-state index contributed by atoms with van der Waals surface area (Å²) in [5.41, 5.74) is 0.321. The van der Waals surface area contributed by atoms with E-state index in [1.54, 1.807) is 19.1 Å². The molecule has 0 radical (unpaired) electrons. The van der Waals surface area contributed by atoms with E-state index in [1.165, 1.54) is 54.6 Å². The SMILES string of the molecule is CCOc1cc(/C=C2/C(=O)NC(=O)N(c3ccc(Cl)cc3)C2=O)cc(Br)c1OCC(=O)Nc1ccccc1F. The first-order chi connectivity index (χ1) is 18.7. The topological polar surface area (TPSA) is 114 Å². The number of carbonyl (C=O) groups excluding carboxylic acids is 4. The smallest absolute Gasteiger partial charge is 0.335 e. The van der Waals surface area contributed by atoms with E-state index >= 15 is 0 Å². The second kappa shape index (κ2) is 12.1. The summed E-state index contributed by atoms with van der Waals surface area (Å²) in [6.45, 7) is 1.52. The maximum atomic E-state index is 13.8. The minimum atomic E-state index is -0.891. The largest absolute Gasteiger partial charge is 0.490 e. The molecule has 0 aliphatic carbocycles. The van der Waals surface area contributed by atoms with Gasteiger partial charge in [-0.25, -0.2) is 14.1 Å². The molecule has 0 bridgehead atoms. The summed E-state index contributed by atoms with van der Waals surface area (Å²) in [7, 11) is 0. The van der Waals surface area contributed by atoms with Gasteiger partial charge in [-0.3, -0.25) is 19.7 Å². The molecule has 3 aromatic rings. The highest BCUT2D eigenvalue weighted by Crippen LogP contribution is 2.38. The van der Waals surface area contributed by atoms with Gasteiger partial charge in [-0.1, -0.05) is 23.7 Å². The number of urea groups is 1. The molecular weight excluding hydrogens is 597 g/mol. The van der Waals surface area contributed by atoms with Gasteiger partial charge in [0.2, 0.25) is 0 Å². The van der Waals surface area contributed by atoms with E-state index in [2.05, 4.69) is 26.6 Å². The van der Waals surface area contributed by atoms with Crippen LogP contribution < -0.4 is 25.0 Å². The highest BCUT2D eigenvalue weighted by Gasteiger charge is 2.36. The number of hydrogen-bond acceptors (Lipinski definition) is 6. The summed E-state index contributed by atoms with van der Waals surface area (Å²) in [6, 6.07) is 13.9. The third-order valence-electron chi connectivity index (χ3n) is 5.32. The van der Waals surface area contributed by atoms with Crippen LogP contribution in [0.25, 0.3) is 6.08 Å². The maximum Gasteiger partial charge on any atom is 0.335 e. The molecule has 0 aromatic heterocycles. The van der Waals surface area contributed by atoms with E-state index in [0.717, 1.165) is 4.90 Å². The number of nitrogens with one attached hydrogen (secondary N) is 2. The Morgan fingerprint density at radius 1 is 1.10 bits per heavy atom. The lowest BCUT2D eigenvalue weighted by molar-refractivity contribution is -0.122. The summed E-state index contributed by atoms with van der Waals surface area (Å²) in [4.78, 5) is 51.3. The molecule has 1 saturated heterocycles. The van der Waals surface area contributed by atoms with E-state index < -0.39 is 36.2 Å². The van der Waals surface area contributed by atoms with Crippen LogP contribution in [0.1, 0.15) is 12.5 Å². The number of ether oxygens (including phenoxy) is 2. The number of barbiturate groups is 1. The number of hydrogen-bond donors (Lipinski definition) is 2. The summed E-state index contributed by atoms with van der Waals surface area (Å²) in [6.07, 6.45) is 1.30. The fourth-order valence-electron chi connectivity index (χ4n) is 3.61. The van der Waals surface area contributed by atoms with Gasteiger partial charge in [0.15, 0.2) is 18.1 Å². The molecule has 4 rings (SSSR count). The number of halogens is 3. The molecule has 9 nitrogen and oxygen atoms in total. The zero-order valence-electron chi connectivity index (χ0n) is 20.3. The van der Waals surface area contributed by atoms with Crippen molar-refractivity contribution >= 4 is 68.7 Å². The normalized spacial score (nSPS) is 14.3. The second-order valence-electron chi connectivity index (χ2n) is 8.01. The first-order valence-corrected chi connectivity index (χ1v) is 12.7. The fourth-order valence-corrected chi connectivity index (χ4v) is 4.31. The first kappa shape index (κ1) is 27.8. The van der Waals surface area contributed by atoms with Crippen molar-refractivity contribution in [2.24, 2.45) is 0 Å². The molecule has 1 aliphatic heterocycles. The average Bonchev–Trinajstić information content (AvgIpc) is 2.88. The number of amides is 5. The molecule has 12 heteroatoms. The van der Waals surface area contributed by atoms with E-state index in [1.807, 2.05) is 0 Å². The van der Waals surface area contributed by atoms with Gasteiger partial charge in [0, 0.05) is 5.02 Å². The van der Waals surface area contributed by atoms with Crippen LogP contribution >= 0.6 is 27.5 Å². The lowest BCUT2D eigenvalue weighted by atomic mass is 10.1. The van der Waals surface area contributed by atoms with E-state index in [9.17, 15) is 23.6 Å². The van der Waals surface area contributed by atoms with Crippen LogP contribution in [0.5, 0.6) is 11.5 Å². The Morgan fingerprint density at radius 3 is 2.51 bits per heavy atom. The van der Waals surface area contributed by atoms with Crippen molar-refractivity contribution in [3.63, 3.8) is 0 Å². The van der Waals surface area contributed by atoms with Crippen LogP contribution in [0.15, 0.2) is 70.7 Å². The molecule has 1 fully saturated rings. The van der Waals surface area contributed by atoms with Gasteiger partial charge in [-0.2, -0.15) is 0 Å². The van der Waals surface area contributed by atoms with Crippen LogP contribution in [0.2, 0.25) is 5.02 Å². The fraction of sp³-hybridized carbons (Fsp3) is 0.111. The van der Waals surface area contributed by atoms with E-state index in [0.29, 0.717) is 15.1 Å². The molecule has 39 heavy (non-hydrogen) atoms. The first-order valence-electron chi connectivity index (χ1n) is 11.5. The standard InChI is InChI=1S/C27H20BrClFN3O6/c1-2-38-22-13-15(12-19(28)24(22)39-14-23(34)31-21-6-4-3-5-20(21)30)11-18-25(35)32-27(37)33(26(18)36)17-9-7-16(29)8-10-17/h3-13H,2,14H2,1H3,(H,31,34)(H,32,35,37)/b18-11-. The van der Waals surface area contributed by atoms with Crippen molar-refractivity contribution in [3.8, 4) is 11.5 Å². The summed E-state index contributed by atoms with van der Waals surface area (Å²) in [5, 5.41) is 4.99. The Hall–Kier alpha value is -4.22. The predicted octanol–water partition coefficient (Wildman–Crippen LogP) is 5.32. The number of anilines is 2. The van der Waals surface area contributed by atoms with Gasteiger partial charge in [0.25, 0.3) is 17.7 Å².